The van der Waals surface area contributed by atoms with E-state index >= 15 is 0 Å². The summed E-state index contributed by atoms with van der Waals surface area (Å²) in [5, 5.41) is 0. The molecule has 1 aromatic carbocycles. The molecule has 156 valence electrons. The number of hydrogen-bond donors (Lipinski definition) is 0. The van der Waals surface area contributed by atoms with E-state index in [0.717, 1.165) is 12.2 Å². The van der Waals surface area contributed by atoms with Gasteiger partial charge in [-0.2, -0.15) is 0 Å². The summed E-state index contributed by atoms with van der Waals surface area (Å²) in [5.41, 5.74) is 1.70. The third-order valence-corrected chi connectivity index (χ3v) is 4.59. The average molecular weight is 377 g/mol. The summed E-state index contributed by atoms with van der Waals surface area (Å²) >= 11 is 0. The van der Waals surface area contributed by atoms with E-state index < -0.39 is 0 Å². The highest BCUT2D eigenvalue weighted by Gasteiger charge is 2.24. The lowest BCUT2D eigenvalue weighted by atomic mass is 9.82. The zero-order chi connectivity index (χ0) is 20.8. The smallest absolute Gasteiger partial charge is 0.200 e. The maximum Gasteiger partial charge on any atom is 0.200 e. The molecule has 0 aliphatic rings. The highest BCUT2D eigenvalue weighted by Crippen LogP contribution is 2.33. The van der Waals surface area contributed by atoms with Gasteiger partial charge in [-0.25, -0.2) is 0 Å². The zero-order valence-corrected chi connectivity index (χ0v) is 19.6. The number of benzene rings is 1. The van der Waals surface area contributed by atoms with E-state index in [-0.39, 0.29) is 17.1 Å². The normalized spacial score (nSPS) is 15.3. The fraction of sp³-hybridized carbons (Fsp3) is 0.760. The third kappa shape index (κ3) is 10.2. The van der Waals surface area contributed by atoms with Crippen LogP contribution in [0.25, 0.3) is 0 Å². The molecule has 0 saturated heterocycles. The molecule has 0 radical (unpaired) electrons. The van der Waals surface area contributed by atoms with Crippen molar-refractivity contribution in [2.45, 2.75) is 94.3 Å². The molecule has 0 aromatic heterocycles. The molecule has 0 spiro atoms. The minimum absolute atomic E-state index is 0.130. The summed E-state index contributed by atoms with van der Waals surface area (Å²) in [5.74, 6) is 2.84. The molecular weight excluding hydrogens is 332 g/mol. The first kappa shape index (κ1) is 24.0. The Balaban J connectivity index is 2.86. The Morgan fingerprint density at radius 2 is 1.37 bits per heavy atom. The fourth-order valence-corrected chi connectivity index (χ4v) is 3.22. The molecule has 0 aliphatic carbocycles. The van der Waals surface area contributed by atoms with Gasteiger partial charge in [0.25, 0.3) is 0 Å². The topological polar surface area (TPSA) is 18.5 Å². The van der Waals surface area contributed by atoms with Crippen LogP contribution in [0.2, 0.25) is 0 Å². The molecule has 2 atom stereocenters. The van der Waals surface area contributed by atoms with Crippen LogP contribution in [0.4, 0.5) is 0 Å². The zero-order valence-electron chi connectivity index (χ0n) is 19.6. The van der Waals surface area contributed by atoms with E-state index in [1.54, 1.807) is 0 Å². The van der Waals surface area contributed by atoms with E-state index in [4.69, 9.17) is 9.47 Å². The van der Waals surface area contributed by atoms with Gasteiger partial charge in [0.15, 0.2) is 6.29 Å². The predicted molar refractivity (Wildman–Crippen MR) is 117 cm³/mol. The number of rotatable bonds is 9. The number of ether oxygens (including phenoxy) is 2. The Hall–Kier alpha value is -1.02. The maximum absolute atomic E-state index is 6.24. The van der Waals surface area contributed by atoms with E-state index in [0.29, 0.717) is 24.4 Å². The van der Waals surface area contributed by atoms with Crippen molar-refractivity contribution in [1.82, 2.24) is 0 Å². The summed E-state index contributed by atoms with van der Waals surface area (Å²) in [6, 6.07) is 8.70. The van der Waals surface area contributed by atoms with Crippen molar-refractivity contribution >= 4 is 0 Å². The van der Waals surface area contributed by atoms with Crippen LogP contribution >= 0.6 is 0 Å². The van der Waals surface area contributed by atoms with Gasteiger partial charge >= 0.3 is 0 Å². The molecule has 0 fully saturated rings. The van der Waals surface area contributed by atoms with E-state index in [1.165, 1.54) is 12.0 Å². The second-order valence-electron chi connectivity index (χ2n) is 11.2. The SMILES string of the molecule is CC(C)CC(c1ccc(OC(CC(C)(C)C)OCC(C)(C)C)cc1)C(C)C. The van der Waals surface area contributed by atoms with Gasteiger partial charge in [0, 0.05) is 6.42 Å². The first-order chi connectivity index (χ1) is 12.3. The van der Waals surface area contributed by atoms with E-state index in [2.05, 4.69) is 93.5 Å². The lowest BCUT2D eigenvalue weighted by Crippen LogP contribution is -2.30. The van der Waals surface area contributed by atoms with Gasteiger partial charge in [0.05, 0.1) is 6.61 Å². The summed E-state index contributed by atoms with van der Waals surface area (Å²) in [6.45, 7) is 23.2. The van der Waals surface area contributed by atoms with Gasteiger partial charge in [-0.15, -0.1) is 0 Å². The minimum atomic E-state index is -0.216. The summed E-state index contributed by atoms with van der Waals surface area (Å²) in [6.07, 6.45) is 1.87. The van der Waals surface area contributed by atoms with Gasteiger partial charge in [-0.1, -0.05) is 81.4 Å². The van der Waals surface area contributed by atoms with Crippen molar-refractivity contribution in [2.24, 2.45) is 22.7 Å². The van der Waals surface area contributed by atoms with Crippen LogP contribution < -0.4 is 4.74 Å². The molecule has 0 heterocycles. The van der Waals surface area contributed by atoms with Crippen molar-refractivity contribution in [1.29, 1.82) is 0 Å². The van der Waals surface area contributed by atoms with Gasteiger partial charge in [0.2, 0.25) is 0 Å². The van der Waals surface area contributed by atoms with Crippen molar-refractivity contribution in [3.05, 3.63) is 29.8 Å². The largest absolute Gasteiger partial charge is 0.465 e. The summed E-state index contributed by atoms with van der Waals surface area (Å²) in [7, 11) is 0. The standard InChI is InChI=1S/C25H44O2/c1-18(2)15-22(19(3)4)20-11-13-21(14-12-20)27-23(16-24(5,6)7)26-17-25(8,9)10/h11-14,18-19,22-23H,15-17H2,1-10H3. The first-order valence-corrected chi connectivity index (χ1v) is 10.6. The average Bonchev–Trinajstić information content (AvgIpc) is 2.49. The highest BCUT2D eigenvalue weighted by atomic mass is 16.7. The molecule has 0 saturated carbocycles. The molecule has 2 unspecified atom stereocenters. The highest BCUT2D eigenvalue weighted by molar-refractivity contribution is 5.30. The minimum Gasteiger partial charge on any atom is -0.465 e. The Morgan fingerprint density at radius 1 is 0.815 bits per heavy atom. The Morgan fingerprint density at radius 3 is 1.78 bits per heavy atom. The molecule has 2 nitrogen and oxygen atoms in total. The van der Waals surface area contributed by atoms with E-state index in [9.17, 15) is 0 Å². The van der Waals surface area contributed by atoms with Crippen LogP contribution in [-0.2, 0) is 4.74 Å². The van der Waals surface area contributed by atoms with Crippen molar-refractivity contribution in [3.63, 3.8) is 0 Å². The van der Waals surface area contributed by atoms with Crippen LogP contribution in [0.15, 0.2) is 24.3 Å². The number of hydrogen-bond acceptors (Lipinski definition) is 2. The molecule has 1 rings (SSSR count). The van der Waals surface area contributed by atoms with Gasteiger partial charge in [0.1, 0.15) is 5.75 Å². The summed E-state index contributed by atoms with van der Waals surface area (Å²) < 4.78 is 12.4. The van der Waals surface area contributed by atoms with Crippen molar-refractivity contribution in [2.75, 3.05) is 6.61 Å². The second kappa shape index (κ2) is 9.96. The molecule has 1 aromatic rings. The lowest BCUT2D eigenvalue weighted by Gasteiger charge is -2.29. The van der Waals surface area contributed by atoms with Crippen LogP contribution in [0.1, 0.15) is 93.6 Å². The molecule has 2 heteroatoms. The van der Waals surface area contributed by atoms with Crippen molar-refractivity contribution < 1.29 is 9.47 Å². The summed E-state index contributed by atoms with van der Waals surface area (Å²) in [4.78, 5) is 0. The quantitative estimate of drug-likeness (QED) is 0.411. The Bertz CT molecular complexity index is 529. The van der Waals surface area contributed by atoms with Gasteiger partial charge in [-0.3, -0.25) is 0 Å². The Labute approximate surface area is 169 Å². The lowest BCUT2D eigenvalue weighted by molar-refractivity contribution is -0.118. The van der Waals surface area contributed by atoms with Gasteiger partial charge in [-0.05, 0) is 52.7 Å². The van der Waals surface area contributed by atoms with Crippen LogP contribution in [0.5, 0.6) is 5.75 Å². The maximum atomic E-state index is 6.24. The molecular formula is C25H44O2. The molecule has 0 bridgehead atoms. The van der Waals surface area contributed by atoms with Gasteiger partial charge < -0.3 is 9.47 Å². The monoisotopic (exact) mass is 376 g/mol. The van der Waals surface area contributed by atoms with Crippen molar-refractivity contribution in [3.8, 4) is 5.75 Å². The fourth-order valence-electron chi connectivity index (χ4n) is 3.22. The molecule has 27 heavy (non-hydrogen) atoms. The second-order valence-corrected chi connectivity index (χ2v) is 11.2. The molecule has 0 N–H and O–H groups in total. The molecule has 0 amide bonds. The third-order valence-electron chi connectivity index (χ3n) is 4.59. The van der Waals surface area contributed by atoms with Crippen LogP contribution in [0, 0.1) is 22.7 Å². The van der Waals surface area contributed by atoms with E-state index in [1.807, 2.05) is 0 Å². The van der Waals surface area contributed by atoms with Crippen LogP contribution in [-0.4, -0.2) is 12.9 Å². The Kier molecular flexibility index (Phi) is 8.86. The predicted octanol–water partition coefficient (Wildman–Crippen LogP) is 7.68. The molecule has 0 aliphatic heterocycles. The van der Waals surface area contributed by atoms with Crippen LogP contribution in [0.3, 0.4) is 0 Å². The first-order valence-electron chi connectivity index (χ1n) is 10.6.